The summed E-state index contributed by atoms with van der Waals surface area (Å²) in [6.07, 6.45) is 19.4. The number of fused-ring (bicyclic) bond motifs is 4. The Morgan fingerprint density at radius 2 is 0.746 bits per heavy atom. The molecule has 4 unspecified atom stereocenters. The molecule has 4 N–H and O–H groups in total. The molecule has 4 atom stereocenters. The van der Waals surface area contributed by atoms with Gasteiger partial charge in [0, 0.05) is 135 Å². The van der Waals surface area contributed by atoms with Crippen LogP contribution < -0.4 is 21.3 Å². The maximum atomic E-state index is 13.3. The zero-order chi connectivity index (χ0) is 87.6. The average molecular weight is 1740 g/mol. The molecule has 0 aromatic carbocycles. The number of carbonyl (C=O) groups excluding carboxylic acids is 8. The summed E-state index contributed by atoms with van der Waals surface area (Å²) in [7, 11) is 0. The molecule has 22 rings (SSSR count). The highest BCUT2D eigenvalue weighted by atomic mass is 19.4. The van der Waals surface area contributed by atoms with Crippen LogP contribution in [0.2, 0.25) is 0 Å². The lowest BCUT2D eigenvalue weighted by Crippen LogP contribution is -2.58. The van der Waals surface area contributed by atoms with Gasteiger partial charge in [-0.3, -0.25) is 59.6 Å². The van der Waals surface area contributed by atoms with Crippen molar-refractivity contribution >= 4 is 93.6 Å². The summed E-state index contributed by atoms with van der Waals surface area (Å²) in [6.45, 7) is 6.78. The number of nitrogens with zero attached hydrogens (tertiary/aromatic N) is 17. The van der Waals surface area contributed by atoms with Crippen molar-refractivity contribution < 1.29 is 69.1 Å². The second kappa shape index (κ2) is 32.8. The molecular formula is C90H106F7N21O8. The number of hydrogen-bond acceptors (Lipinski definition) is 17. The Bertz CT molecular complexity index is 5620. The predicted octanol–water partition coefficient (Wildman–Crippen LogP) is 13.9. The number of alkyl halides is 7. The number of aryl methyl sites for hydroxylation is 1. The molecule has 0 radical (unpaired) electrons. The summed E-state index contributed by atoms with van der Waals surface area (Å²) in [5.74, 6) is -6.39. The first-order chi connectivity index (χ1) is 60.4. The Morgan fingerprint density at radius 1 is 0.397 bits per heavy atom. The van der Waals surface area contributed by atoms with Crippen molar-refractivity contribution in [2.45, 2.75) is 248 Å². The van der Waals surface area contributed by atoms with E-state index in [1.165, 1.54) is 16.2 Å². The van der Waals surface area contributed by atoms with Crippen LogP contribution in [-0.2, 0) is 38.4 Å². The predicted molar refractivity (Wildman–Crippen MR) is 444 cm³/mol. The molecule has 14 fully saturated rings. The Labute approximate surface area is 722 Å². The second-order valence-electron chi connectivity index (χ2n) is 39.2. The number of piperidine rings is 2. The molecule has 668 valence electrons. The van der Waals surface area contributed by atoms with Crippen LogP contribution in [0.25, 0.3) is 22.6 Å². The van der Waals surface area contributed by atoms with Crippen molar-refractivity contribution in [3.8, 4) is 6.07 Å². The van der Waals surface area contributed by atoms with E-state index in [1.54, 1.807) is 18.8 Å². The summed E-state index contributed by atoms with van der Waals surface area (Å²) in [5, 5.41) is 38.3. The molecule has 10 aliphatic carbocycles. The Kier molecular flexibility index (Phi) is 22.1. The summed E-state index contributed by atoms with van der Waals surface area (Å²) < 4.78 is 98.1. The number of pyridine rings is 4. The topological polar surface area (TPSA) is 342 Å². The third-order valence-electron chi connectivity index (χ3n) is 30.1. The van der Waals surface area contributed by atoms with Gasteiger partial charge in [0.05, 0.1) is 11.8 Å². The molecule has 29 nitrogen and oxygen atoms in total. The van der Waals surface area contributed by atoms with Crippen LogP contribution in [0, 0.1) is 75.4 Å². The zero-order valence-corrected chi connectivity index (χ0v) is 70.7. The fourth-order valence-electron chi connectivity index (χ4n) is 21.7. The van der Waals surface area contributed by atoms with Crippen molar-refractivity contribution in [2.24, 2.45) is 57.2 Å². The van der Waals surface area contributed by atoms with Crippen LogP contribution in [0.5, 0.6) is 0 Å². The normalized spacial score (nSPS) is 25.2. The van der Waals surface area contributed by atoms with Gasteiger partial charge in [0.15, 0.2) is 22.6 Å². The van der Waals surface area contributed by atoms with Crippen molar-refractivity contribution in [3.05, 3.63) is 95.1 Å². The summed E-state index contributed by atoms with van der Waals surface area (Å²) in [4.78, 5) is 121. The molecular weight excluding hydrogens is 1640 g/mol. The average Bonchev–Trinajstić information content (AvgIpc) is 1.57. The third-order valence-corrected chi connectivity index (χ3v) is 30.1. The Morgan fingerprint density at radius 3 is 1.18 bits per heavy atom. The second-order valence-corrected chi connectivity index (χ2v) is 39.2. The number of nitrogens with one attached hydrogen (secondary N) is 4. The fourth-order valence-corrected chi connectivity index (χ4v) is 21.7. The minimum Gasteiger partial charge on any atom is -0.342 e. The zero-order valence-electron chi connectivity index (χ0n) is 70.7. The van der Waals surface area contributed by atoms with Crippen LogP contribution in [0.15, 0.2) is 66.7 Å². The maximum Gasteiger partial charge on any atom is 0.397 e. The molecule has 12 heterocycles. The summed E-state index contributed by atoms with van der Waals surface area (Å²) in [6, 6.07) is 23.7. The van der Waals surface area contributed by atoms with Crippen LogP contribution in [-0.4, -0.2) is 196 Å². The highest BCUT2D eigenvalue weighted by Crippen LogP contribution is 2.58. The molecule has 4 saturated heterocycles. The Balaban J connectivity index is 0.000000110. The molecule has 10 saturated carbocycles. The fraction of sp³-hybridized carbons (Fsp3) is 0.633. The summed E-state index contributed by atoms with van der Waals surface area (Å²) in [5.41, 5.74) is 8.86. The molecule has 4 aliphatic heterocycles. The number of carbonyl (C=O) groups is 8. The molecule has 8 amide bonds. The smallest absolute Gasteiger partial charge is 0.342 e. The number of amides is 8. The number of aromatic nitrogens is 12. The van der Waals surface area contributed by atoms with Crippen molar-refractivity contribution in [2.75, 3.05) is 73.6 Å². The highest BCUT2D eigenvalue weighted by molar-refractivity contribution is 5.95. The van der Waals surface area contributed by atoms with Crippen molar-refractivity contribution in [1.82, 2.24) is 78.0 Å². The lowest BCUT2D eigenvalue weighted by atomic mass is 9.64. The highest BCUT2D eigenvalue weighted by Gasteiger charge is 2.65. The van der Waals surface area contributed by atoms with E-state index in [0.717, 1.165) is 215 Å². The molecule has 0 bridgehead atoms. The first kappa shape index (κ1) is 84.7. The number of rotatable bonds is 16. The van der Waals surface area contributed by atoms with Crippen LogP contribution in [0.1, 0.15) is 251 Å². The molecule has 14 aliphatic rings. The van der Waals surface area contributed by atoms with Crippen LogP contribution >= 0.6 is 0 Å². The number of likely N-dealkylation sites (tertiary alicyclic amines) is 4. The first-order valence-corrected chi connectivity index (χ1v) is 45.4. The minimum atomic E-state index is -4.46. The van der Waals surface area contributed by atoms with E-state index in [9.17, 15) is 69.1 Å². The molecule has 8 aromatic rings. The van der Waals surface area contributed by atoms with Gasteiger partial charge >= 0.3 is 6.18 Å². The van der Waals surface area contributed by atoms with Gasteiger partial charge in [-0.2, -0.15) is 38.4 Å². The number of halogens is 7. The Hall–Kier alpha value is -10.8. The number of nitriles is 1. The number of anilines is 4. The standard InChI is InChI=1S/C24H30N6O2.C23H27F2N5O2.C22H26F3N5O2.C21H23F2N5O2/c1-16-2-5-19-26-23(27-22(32)18-3-4-18)28-30(19)21(16)17-6-9-24(10-7-17)11-14-29(15-12-24)20(31)8-13-25;24-23(25)13-16(23)20(32)29-10-8-22(9-11-29)7-6-15(12-22)17-2-1-3-18-26-21(28-30(17)18)27-19(31)14-4-5-14;23-22(24,25)12-18(31)29-11-10-21(13-29)8-6-14(7-9-21)16-2-1-3-17-26-20(28-30(16)17)27-19(32)15-4-5-15;22-21(23)9-14(21)18(30)27-10-20(11-27)7-6-13(8-20)15-2-1-3-16-24-19(26-28(15)16)25-17(29)12-4-5-12/h2,5,17-18H,3-4,6-12,14-15H2,1H3,(H,27,28,32);1-3,14-16H,4-13H2,(H,27,28,31);1-3,14-15H,4-13H2,(H,27,28,32);1-3,12-14H,4-11H2,(H,25,26,29). The van der Waals surface area contributed by atoms with Gasteiger partial charge in [-0.1, -0.05) is 24.3 Å². The molecule has 126 heavy (non-hydrogen) atoms. The summed E-state index contributed by atoms with van der Waals surface area (Å²) >= 11 is 0. The SMILES string of the molecule is Cc1ccc2nc(NC(=O)C3CC3)nn2c1C1CCC2(CC1)CCN(C(=O)CC#N)CC2.O=C(Nc1nc2cccc(C3CCC4(C3)CN(C(=O)C3CC3(F)F)C4)n2n1)C1CC1.O=C(Nc1nc2cccc(C3CCC4(CC3)CCN(C(=O)CC(F)(F)F)C4)n2n1)C1CC1.O=C(Nc1nc2cccc(C3CCC4(CCN(C(=O)C5CC5(F)F)CC4)C3)n2n1)C1CC1. The lowest BCUT2D eigenvalue weighted by molar-refractivity contribution is -0.161. The van der Waals surface area contributed by atoms with E-state index >= 15 is 0 Å². The van der Waals surface area contributed by atoms with Gasteiger partial charge in [0.25, 0.3) is 11.8 Å². The van der Waals surface area contributed by atoms with Crippen LogP contribution in [0.3, 0.4) is 0 Å². The largest absolute Gasteiger partial charge is 0.397 e. The van der Waals surface area contributed by atoms with Crippen LogP contribution in [0.4, 0.5) is 54.5 Å². The monoisotopic (exact) mass is 1740 g/mol. The number of hydrogen-bond donors (Lipinski definition) is 4. The van der Waals surface area contributed by atoms with Crippen molar-refractivity contribution in [1.29, 1.82) is 5.26 Å². The minimum absolute atomic E-state index is 0.00691. The van der Waals surface area contributed by atoms with E-state index in [1.807, 2.05) is 74.6 Å². The van der Waals surface area contributed by atoms with Gasteiger partial charge in [0.1, 0.15) is 24.7 Å². The van der Waals surface area contributed by atoms with Gasteiger partial charge < -0.3 is 19.6 Å². The van der Waals surface area contributed by atoms with E-state index in [4.69, 9.17) is 5.26 Å². The third kappa shape index (κ3) is 18.0. The van der Waals surface area contributed by atoms with E-state index in [0.29, 0.717) is 91.6 Å². The maximum absolute atomic E-state index is 13.3. The van der Waals surface area contributed by atoms with Gasteiger partial charge in [0.2, 0.25) is 71.1 Å². The van der Waals surface area contributed by atoms with Gasteiger partial charge in [-0.25, -0.2) is 35.6 Å². The van der Waals surface area contributed by atoms with Gasteiger partial charge in [-0.15, -0.1) is 20.4 Å². The van der Waals surface area contributed by atoms with Crippen molar-refractivity contribution in [3.63, 3.8) is 0 Å². The lowest BCUT2D eigenvalue weighted by Gasteiger charge is -2.48. The molecule has 8 aromatic heterocycles. The first-order valence-electron chi connectivity index (χ1n) is 45.4. The molecule has 36 heteroatoms. The van der Waals surface area contributed by atoms with E-state index < -0.39 is 42.2 Å². The quantitative estimate of drug-likeness (QED) is 0.0653. The van der Waals surface area contributed by atoms with E-state index in [-0.39, 0.29) is 112 Å². The molecule has 4 spiro atoms. The van der Waals surface area contributed by atoms with E-state index in [2.05, 4.69) is 80.7 Å². The van der Waals surface area contributed by atoms with Gasteiger partial charge in [-0.05, 0) is 245 Å².